The molecule has 0 radical (unpaired) electrons. The van der Waals surface area contributed by atoms with E-state index in [1.807, 2.05) is 54.1 Å². The maximum Gasteiger partial charge on any atom is 0.255 e. The fourth-order valence-corrected chi connectivity index (χ4v) is 4.16. The highest BCUT2D eigenvalue weighted by Crippen LogP contribution is 2.36. The first-order valence-electron chi connectivity index (χ1n) is 11.3. The van der Waals surface area contributed by atoms with Crippen LogP contribution in [-0.4, -0.2) is 47.2 Å². The number of ether oxygens (including phenoxy) is 1. The molecule has 0 saturated heterocycles. The molecule has 4 rings (SSSR count). The third-order valence-corrected chi connectivity index (χ3v) is 5.99. The van der Waals surface area contributed by atoms with Gasteiger partial charge in [-0.25, -0.2) is 0 Å². The van der Waals surface area contributed by atoms with Gasteiger partial charge in [0.1, 0.15) is 5.75 Å². The highest BCUT2D eigenvalue weighted by atomic mass is 16.5. The topological polar surface area (TPSA) is 76.5 Å². The third-order valence-electron chi connectivity index (χ3n) is 5.99. The number of nitrogens with one attached hydrogen (secondary N) is 1. The SMILES string of the molecule is CCCn1ncc(C(=O)NC2CCOc3ccc(-c4cccc(C(=O)N(C)C)c4)cc32)c1C. The van der Waals surface area contributed by atoms with Crippen LogP contribution in [0.15, 0.2) is 48.7 Å². The lowest BCUT2D eigenvalue weighted by Crippen LogP contribution is -2.32. The highest BCUT2D eigenvalue weighted by Gasteiger charge is 2.25. The zero-order chi connectivity index (χ0) is 23.5. The van der Waals surface area contributed by atoms with Crippen molar-refractivity contribution in [2.75, 3.05) is 20.7 Å². The number of amides is 2. The van der Waals surface area contributed by atoms with E-state index in [1.54, 1.807) is 25.2 Å². The fraction of sp³-hybridized carbons (Fsp3) is 0.346. The first kappa shape index (κ1) is 22.6. The van der Waals surface area contributed by atoms with Crippen molar-refractivity contribution in [3.8, 4) is 16.9 Å². The lowest BCUT2D eigenvalue weighted by molar-refractivity contribution is 0.0827. The summed E-state index contributed by atoms with van der Waals surface area (Å²) in [5, 5.41) is 7.53. The van der Waals surface area contributed by atoms with Gasteiger partial charge in [0.25, 0.3) is 11.8 Å². The van der Waals surface area contributed by atoms with E-state index in [-0.39, 0.29) is 17.9 Å². The predicted octanol–water partition coefficient (Wildman–Crippen LogP) is 4.22. The molecule has 1 N–H and O–H groups in total. The number of carbonyl (C=O) groups is 2. The van der Waals surface area contributed by atoms with Crippen LogP contribution in [0.3, 0.4) is 0 Å². The van der Waals surface area contributed by atoms with Gasteiger partial charge < -0.3 is 15.0 Å². The first-order chi connectivity index (χ1) is 15.9. The average Bonchev–Trinajstić information content (AvgIpc) is 3.19. The molecule has 1 atom stereocenters. The number of rotatable bonds is 6. The third kappa shape index (κ3) is 4.62. The van der Waals surface area contributed by atoms with Gasteiger partial charge in [-0.15, -0.1) is 0 Å². The monoisotopic (exact) mass is 446 g/mol. The van der Waals surface area contributed by atoms with Crippen LogP contribution in [0.2, 0.25) is 0 Å². The molecule has 1 aromatic heterocycles. The molecule has 0 fully saturated rings. The number of hydrogen-bond donors (Lipinski definition) is 1. The molecule has 1 aliphatic heterocycles. The van der Waals surface area contributed by atoms with E-state index in [2.05, 4.69) is 17.3 Å². The molecule has 2 amide bonds. The summed E-state index contributed by atoms with van der Waals surface area (Å²) in [6.45, 7) is 5.34. The van der Waals surface area contributed by atoms with Crippen molar-refractivity contribution in [1.29, 1.82) is 0 Å². The van der Waals surface area contributed by atoms with Crippen molar-refractivity contribution in [3.05, 3.63) is 71.0 Å². The molecule has 172 valence electrons. The van der Waals surface area contributed by atoms with E-state index in [0.717, 1.165) is 41.1 Å². The van der Waals surface area contributed by atoms with Gasteiger partial charge in [0.2, 0.25) is 0 Å². The summed E-state index contributed by atoms with van der Waals surface area (Å²) >= 11 is 0. The van der Waals surface area contributed by atoms with Crippen LogP contribution >= 0.6 is 0 Å². The summed E-state index contributed by atoms with van der Waals surface area (Å²) in [7, 11) is 3.48. The van der Waals surface area contributed by atoms with Crippen molar-refractivity contribution < 1.29 is 14.3 Å². The summed E-state index contributed by atoms with van der Waals surface area (Å²) in [4.78, 5) is 27.0. The summed E-state index contributed by atoms with van der Waals surface area (Å²) < 4.78 is 7.72. The molecule has 0 bridgehead atoms. The maximum atomic E-state index is 13.1. The smallest absolute Gasteiger partial charge is 0.255 e. The maximum absolute atomic E-state index is 13.1. The number of hydrogen-bond acceptors (Lipinski definition) is 4. The molecule has 7 heteroatoms. The quantitative estimate of drug-likeness (QED) is 0.615. The fourth-order valence-electron chi connectivity index (χ4n) is 4.16. The van der Waals surface area contributed by atoms with E-state index < -0.39 is 0 Å². The number of nitrogens with zero attached hydrogens (tertiary/aromatic N) is 3. The second-order valence-electron chi connectivity index (χ2n) is 8.56. The van der Waals surface area contributed by atoms with Gasteiger partial charge in [-0.3, -0.25) is 14.3 Å². The predicted molar refractivity (Wildman–Crippen MR) is 127 cm³/mol. The Morgan fingerprint density at radius 3 is 2.73 bits per heavy atom. The second kappa shape index (κ2) is 9.48. The normalized spacial score (nSPS) is 14.8. The van der Waals surface area contributed by atoms with Gasteiger partial charge >= 0.3 is 0 Å². The first-order valence-corrected chi connectivity index (χ1v) is 11.3. The largest absolute Gasteiger partial charge is 0.493 e. The number of aromatic nitrogens is 2. The summed E-state index contributed by atoms with van der Waals surface area (Å²) in [6.07, 6.45) is 3.29. The Hall–Kier alpha value is -3.61. The Morgan fingerprint density at radius 1 is 1.18 bits per heavy atom. The molecule has 1 unspecified atom stereocenters. The van der Waals surface area contributed by atoms with Crippen molar-refractivity contribution in [3.63, 3.8) is 0 Å². The van der Waals surface area contributed by atoms with Crippen LogP contribution in [0, 0.1) is 6.92 Å². The molecular weight excluding hydrogens is 416 g/mol. The van der Waals surface area contributed by atoms with Gasteiger partial charge in [0.15, 0.2) is 0 Å². The van der Waals surface area contributed by atoms with Crippen molar-refractivity contribution in [1.82, 2.24) is 20.0 Å². The van der Waals surface area contributed by atoms with Crippen LogP contribution in [-0.2, 0) is 6.54 Å². The highest BCUT2D eigenvalue weighted by molar-refractivity contribution is 5.96. The number of carbonyl (C=O) groups excluding carboxylic acids is 2. The molecule has 0 saturated carbocycles. The minimum Gasteiger partial charge on any atom is -0.493 e. The van der Waals surface area contributed by atoms with E-state index >= 15 is 0 Å². The van der Waals surface area contributed by atoms with Crippen LogP contribution in [0.5, 0.6) is 5.75 Å². The van der Waals surface area contributed by atoms with Crippen molar-refractivity contribution in [2.24, 2.45) is 0 Å². The number of fused-ring (bicyclic) bond motifs is 1. The van der Waals surface area contributed by atoms with Crippen LogP contribution in [0.1, 0.15) is 57.8 Å². The average molecular weight is 447 g/mol. The van der Waals surface area contributed by atoms with Gasteiger partial charge in [-0.05, 0) is 48.7 Å². The minimum absolute atomic E-state index is 0.0396. The van der Waals surface area contributed by atoms with E-state index in [0.29, 0.717) is 24.2 Å². The van der Waals surface area contributed by atoms with Crippen LogP contribution in [0.25, 0.3) is 11.1 Å². The number of benzene rings is 2. The zero-order valence-corrected chi connectivity index (χ0v) is 19.6. The minimum atomic E-state index is -0.165. The van der Waals surface area contributed by atoms with E-state index in [1.165, 1.54) is 0 Å². The molecular formula is C26H30N4O3. The summed E-state index contributed by atoms with van der Waals surface area (Å²) in [5.41, 5.74) is 4.96. The Bertz CT molecular complexity index is 1180. The van der Waals surface area contributed by atoms with Crippen LogP contribution in [0.4, 0.5) is 0 Å². The number of aryl methyl sites for hydroxylation is 1. The Balaban J connectivity index is 1.61. The molecule has 33 heavy (non-hydrogen) atoms. The van der Waals surface area contributed by atoms with Gasteiger partial charge in [-0.1, -0.05) is 25.1 Å². The van der Waals surface area contributed by atoms with Crippen molar-refractivity contribution >= 4 is 11.8 Å². The van der Waals surface area contributed by atoms with Gasteiger partial charge in [-0.2, -0.15) is 5.10 Å². The lowest BCUT2D eigenvalue weighted by atomic mass is 9.94. The molecule has 0 aliphatic carbocycles. The second-order valence-corrected chi connectivity index (χ2v) is 8.56. The molecule has 7 nitrogen and oxygen atoms in total. The Labute approximate surface area is 194 Å². The summed E-state index contributed by atoms with van der Waals surface area (Å²) in [6, 6.07) is 13.4. The van der Waals surface area contributed by atoms with Gasteiger partial charge in [0.05, 0.1) is 24.4 Å². The zero-order valence-electron chi connectivity index (χ0n) is 19.6. The van der Waals surface area contributed by atoms with E-state index in [4.69, 9.17) is 4.74 Å². The Morgan fingerprint density at radius 2 is 1.97 bits per heavy atom. The van der Waals surface area contributed by atoms with E-state index in [9.17, 15) is 9.59 Å². The molecule has 0 spiro atoms. The standard InChI is InChI=1S/C26H30N4O3/c1-5-12-30-17(2)22(16-27-30)25(31)28-23-11-13-33-24-10-9-19(15-21(23)24)18-7-6-8-20(14-18)26(32)29(3)4/h6-10,14-16,23H,5,11-13H2,1-4H3,(H,28,31). The lowest BCUT2D eigenvalue weighted by Gasteiger charge is -2.27. The molecule has 3 aromatic rings. The molecule has 2 heterocycles. The van der Waals surface area contributed by atoms with Gasteiger partial charge in [0, 0.05) is 43.9 Å². The van der Waals surface area contributed by atoms with Crippen molar-refractivity contribution in [2.45, 2.75) is 39.3 Å². The molecule has 2 aromatic carbocycles. The summed E-state index contributed by atoms with van der Waals surface area (Å²) in [5.74, 6) is 0.605. The molecule has 1 aliphatic rings. The Kier molecular flexibility index (Phi) is 6.49. The van der Waals surface area contributed by atoms with Crippen LogP contribution < -0.4 is 10.1 Å².